The van der Waals surface area contributed by atoms with Crippen molar-refractivity contribution in [2.75, 3.05) is 0 Å². The van der Waals surface area contributed by atoms with Crippen molar-refractivity contribution in [3.8, 4) is 0 Å². The van der Waals surface area contributed by atoms with Crippen molar-refractivity contribution in [2.45, 2.75) is 26.7 Å². The van der Waals surface area contributed by atoms with E-state index in [0.717, 1.165) is 12.8 Å². The second-order valence-electron chi connectivity index (χ2n) is 2.59. The Balaban J connectivity index is 2.30. The Morgan fingerprint density at radius 2 is 2.20 bits per heavy atom. The lowest BCUT2D eigenvalue weighted by atomic mass is 10.4. The zero-order valence-corrected chi connectivity index (χ0v) is 6.39. The molecule has 0 aromatic carbocycles. The number of rotatable bonds is 2. The van der Waals surface area contributed by atoms with Crippen LogP contribution in [0.2, 0.25) is 0 Å². The number of ether oxygens (including phenoxy) is 1. The number of esters is 1. The molecule has 0 bridgehead atoms. The van der Waals surface area contributed by atoms with Crippen molar-refractivity contribution in [2.24, 2.45) is 5.92 Å². The van der Waals surface area contributed by atoms with E-state index < -0.39 is 0 Å². The fourth-order valence-corrected chi connectivity index (χ4v) is 0.620. The van der Waals surface area contributed by atoms with Crippen molar-refractivity contribution in [1.29, 1.82) is 0 Å². The Kier molecular flexibility index (Phi) is 2.10. The zero-order chi connectivity index (χ0) is 7.56. The van der Waals surface area contributed by atoms with Gasteiger partial charge in [-0.05, 0) is 32.8 Å². The minimum atomic E-state index is -0.0596. The predicted molar refractivity (Wildman–Crippen MR) is 38.2 cm³/mol. The number of carbonyl (C=O) groups is 1. The summed E-state index contributed by atoms with van der Waals surface area (Å²) < 4.78 is 4.95. The van der Waals surface area contributed by atoms with Crippen LogP contribution in [0.15, 0.2) is 11.8 Å². The molecular formula is C8H12O2. The van der Waals surface area contributed by atoms with E-state index in [2.05, 4.69) is 0 Å². The molecule has 0 spiro atoms. The second kappa shape index (κ2) is 2.86. The summed E-state index contributed by atoms with van der Waals surface area (Å²) in [5.74, 6) is 0.849. The van der Waals surface area contributed by atoms with Gasteiger partial charge in [0.2, 0.25) is 0 Å². The molecule has 2 nitrogen and oxygen atoms in total. The first kappa shape index (κ1) is 7.32. The summed E-state index contributed by atoms with van der Waals surface area (Å²) in [6.07, 6.45) is 3.81. The third kappa shape index (κ3) is 1.87. The van der Waals surface area contributed by atoms with Gasteiger partial charge in [-0.25, -0.2) is 0 Å². The van der Waals surface area contributed by atoms with Crippen LogP contribution >= 0.6 is 0 Å². The lowest BCUT2D eigenvalue weighted by molar-refractivity contribution is -0.140. The molecule has 0 amide bonds. The number of allylic oxidation sites excluding steroid dienone is 2. The number of carbonyl (C=O) groups excluding carboxylic acids is 1. The van der Waals surface area contributed by atoms with Crippen LogP contribution in [0.3, 0.4) is 0 Å². The fraction of sp³-hybridized carbons (Fsp3) is 0.625. The summed E-state index contributed by atoms with van der Waals surface area (Å²) in [4.78, 5) is 10.9. The Labute approximate surface area is 60.9 Å². The SMILES string of the molecule is CC=C(C)OC(=O)C1CC1. The Hall–Kier alpha value is -0.790. The number of hydrogen-bond donors (Lipinski definition) is 0. The summed E-state index contributed by atoms with van der Waals surface area (Å²) in [7, 11) is 0. The molecule has 0 radical (unpaired) electrons. The summed E-state index contributed by atoms with van der Waals surface area (Å²) >= 11 is 0. The van der Waals surface area contributed by atoms with E-state index >= 15 is 0 Å². The molecule has 0 heterocycles. The van der Waals surface area contributed by atoms with Gasteiger partial charge in [0.25, 0.3) is 0 Å². The molecule has 56 valence electrons. The van der Waals surface area contributed by atoms with Crippen molar-refractivity contribution in [1.82, 2.24) is 0 Å². The lowest BCUT2D eigenvalue weighted by Crippen LogP contribution is -2.04. The molecule has 2 heteroatoms. The van der Waals surface area contributed by atoms with Crippen LogP contribution in [0.1, 0.15) is 26.7 Å². The molecule has 0 atom stereocenters. The average molecular weight is 140 g/mol. The van der Waals surface area contributed by atoms with Gasteiger partial charge < -0.3 is 4.74 Å². The summed E-state index contributed by atoms with van der Waals surface area (Å²) in [5, 5.41) is 0. The monoisotopic (exact) mass is 140 g/mol. The highest BCUT2D eigenvalue weighted by Crippen LogP contribution is 2.30. The van der Waals surface area contributed by atoms with Crippen molar-refractivity contribution < 1.29 is 9.53 Å². The minimum Gasteiger partial charge on any atom is -0.432 e. The number of hydrogen-bond acceptors (Lipinski definition) is 2. The highest BCUT2D eigenvalue weighted by Gasteiger charge is 2.31. The van der Waals surface area contributed by atoms with E-state index in [4.69, 9.17) is 4.74 Å². The fourth-order valence-electron chi connectivity index (χ4n) is 0.620. The highest BCUT2D eigenvalue weighted by atomic mass is 16.5. The Bertz CT molecular complexity index is 166. The van der Waals surface area contributed by atoms with Gasteiger partial charge in [0, 0.05) is 0 Å². The molecule has 0 aromatic rings. The van der Waals surface area contributed by atoms with Gasteiger partial charge in [-0.15, -0.1) is 0 Å². The average Bonchev–Trinajstić information content (AvgIpc) is 2.68. The molecule has 1 aliphatic carbocycles. The zero-order valence-electron chi connectivity index (χ0n) is 6.39. The third-order valence-electron chi connectivity index (χ3n) is 1.58. The Morgan fingerprint density at radius 1 is 1.60 bits per heavy atom. The molecule has 1 fully saturated rings. The van der Waals surface area contributed by atoms with Crippen LogP contribution in [-0.4, -0.2) is 5.97 Å². The van der Waals surface area contributed by atoms with Gasteiger partial charge in [-0.3, -0.25) is 4.79 Å². The molecule has 0 saturated heterocycles. The summed E-state index contributed by atoms with van der Waals surface area (Å²) in [6.45, 7) is 3.65. The van der Waals surface area contributed by atoms with E-state index in [9.17, 15) is 4.79 Å². The quantitative estimate of drug-likeness (QED) is 0.432. The van der Waals surface area contributed by atoms with Gasteiger partial charge in [0.1, 0.15) is 5.76 Å². The molecule has 0 aliphatic heterocycles. The van der Waals surface area contributed by atoms with Gasteiger partial charge in [-0.2, -0.15) is 0 Å². The molecule has 0 unspecified atom stereocenters. The van der Waals surface area contributed by atoms with Crippen LogP contribution in [0.4, 0.5) is 0 Å². The third-order valence-corrected chi connectivity index (χ3v) is 1.58. The first-order valence-electron chi connectivity index (χ1n) is 3.58. The first-order chi connectivity index (χ1) is 4.74. The van der Waals surface area contributed by atoms with E-state index in [1.807, 2.05) is 6.92 Å². The van der Waals surface area contributed by atoms with E-state index in [1.54, 1.807) is 13.0 Å². The summed E-state index contributed by atoms with van der Waals surface area (Å²) in [6, 6.07) is 0. The van der Waals surface area contributed by atoms with Crippen LogP contribution in [0, 0.1) is 5.92 Å². The van der Waals surface area contributed by atoms with Gasteiger partial charge in [0.05, 0.1) is 5.92 Å². The van der Waals surface area contributed by atoms with Crippen LogP contribution < -0.4 is 0 Å². The molecule has 1 aliphatic rings. The molecule has 0 N–H and O–H groups in total. The van der Waals surface area contributed by atoms with Crippen LogP contribution in [0.5, 0.6) is 0 Å². The first-order valence-corrected chi connectivity index (χ1v) is 3.58. The largest absolute Gasteiger partial charge is 0.432 e. The van der Waals surface area contributed by atoms with Crippen molar-refractivity contribution in [3.05, 3.63) is 11.8 Å². The molecule has 0 aromatic heterocycles. The van der Waals surface area contributed by atoms with E-state index in [1.165, 1.54) is 0 Å². The smallest absolute Gasteiger partial charge is 0.313 e. The van der Waals surface area contributed by atoms with E-state index in [-0.39, 0.29) is 11.9 Å². The normalized spacial score (nSPS) is 18.8. The maximum atomic E-state index is 10.9. The maximum absolute atomic E-state index is 10.9. The minimum absolute atomic E-state index is 0.0596. The second-order valence-corrected chi connectivity index (χ2v) is 2.59. The topological polar surface area (TPSA) is 26.3 Å². The summed E-state index contributed by atoms with van der Waals surface area (Å²) in [5.41, 5.74) is 0. The molecule has 1 saturated carbocycles. The standard InChI is InChI=1S/C8H12O2/c1-3-6(2)10-8(9)7-4-5-7/h3,7H,4-5H2,1-2H3. The van der Waals surface area contributed by atoms with E-state index in [0.29, 0.717) is 5.76 Å². The van der Waals surface area contributed by atoms with Crippen LogP contribution in [-0.2, 0) is 9.53 Å². The maximum Gasteiger partial charge on any atom is 0.313 e. The lowest BCUT2D eigenvalue weighted by Gasteiger charge is -2.00. The highest BCUT2D eigenvalue weighted by molar-refractivity contribution is 5.75. The molecule has 10 heavy (non-hydrogen) atoms. The van der Waals surface area contributed by atoms with Crippen molar-refractivity contribution in [3.63, 3.8) is 0 Å². The molecule has 1 rings (SSSR count). The van der Waals surface area contributed by atoms with Crippen LogP contribution in [0.25, 0.3) is 0 Å². The Morgan fingerprint density at radius 3 is 2.60 bits per heavy atom. The van der Waals surface area contributed by atoms with Gasteiger partial charge in [0.15, 0.2) is 0 Å². The predicted octanol–water partition coefficient (Wildman–Crippen LogP) is 1.86. The van der Waals surface area contributed by atoms with Gasteiger partial charge >= 0.3 is 5.97 Å². The van der Waals surface area contributed by atoms with Crippen molar-refractivity contribution >= 4 is 5.97 Å². The van der Waals surface area contributed by atoms with Gasteiger partial charge in [-0.1, -0.05) is 0 Å². The molecular weight excluding hydrogens is 128 g/mol.